The first kappa shape index (κ1) is 12.8. The summed E-state index contributed by atoms with van der Waals surface area (Å²) in [6.45, 7) is 2.63. The van der Waals surface area contributed by atoms with E-state index in [9.17, 15) is 9.18 Å². The second-order valence-electron chi connectivity index (χ2n) is 4.42. The normalized spacial score (nSPS) is 20.4. The second-order valence-corrected chi connectivity index (χ2v) is 4.42. The number of carbonyl (C=O) groups is 1. The van der Waals surface area contributed by atoms with Gasteiger partial charge in [0.2, 0.25) is 0 Å². The lowest BCUT2D eigenvalue weighted by Crippen LogP contribution is -2.43. The van der Waals surface area contributed by atoms with Crippen LogP contribution in [0.2, 0.25) is 0 Å². The van der Waals surface area contributed by atoms with Crippen molar-refractivity contribution >= 4 is 11.7 Å². The zero-order valence-corrected chi connectivity index (χ0v) is 10.3. The van der Waals surface area contributed by atoms with Gasteiger partial charge in [-0.15, -0.1) is 0 Å². The molecule has 1 saturated heterocycles. The number of carbonyl (C=O) groups excluding carboxylic acids is 1. The molecule has 1 fully saturated rings. The highest BCUT2D eigenvalue weighted by molar-refractivity contribution is 5.89. The largest absolute Gasteiger partial charge is 0.376 e. The molecule has 2 rings (SSSR count). The Morgan fingerprint density at radius 3 is 2.94 bits per heavy atom. The fourth-order valence-corrected chi connectivity index (χ4v) is 2.02. The van der Waals surface area contributed by atoms with Crippen molar-refractivity contribution in [2.24, 2.45) is 0 Å². The highest BCUT2D eigenvalue weighted by atomic mass is 19.1. The van der Waals surface area contributed by atoms with Crippen molar-refractivity contribution in [3.8, 4) is 0 Å². The Kier molecular flexibility index (Phi) is 4.15. The van der Waals surface area contributed by atoms with Crippen molar-refractivity contribution in [2.45, 2.75) is 31.9 Å². The topological polar surface area (TPSA) is 50.4 Å². The third kappa shape index (κ3) is 3.20. The molecule has 1 aromatic rings. The Hall–Kier alpha value is -1.62. The Morgan fingerprint density at radius 1 is 1.50 bits per heavy atom. The van der Waals surface area contributed by atoms with E-state index in [1.165, 1.54) is 12.1 Å². The van der Waals surface area contributed by atoms with E-state index in [0.717, 1.165) is 19.4 Å². The highest BCUT2D eigenvalue weighted by Gasteiger charge is 2.23. The smallest absolute Gasteiger partial charge is 0.319 e. The minimum atomic E-state index is -0.447. The van der Waals surface area contributed by atoms with Gasteiger partial charge in [0.1, 0.15) is 5.82 Å². The molecule has 2 atom stereocenters. The van der Waals surface area contributed by atoms with Crippen LogP contribution < -0.4 is 10.6 Å². The zero-order chi connectivity index (χ0) is 13.0. The van der Waals surface area contributed by atoms with Gasteiger partial charge in [0.25, 0.3) is 0 Å². The number of amides is 2. The molecule has 98 valence electrons. The van der Waals surface area contributed by atoms with E-state index in [4.69, 9.17) is 4.74 Å². The molecule has 0 aliphatic carbocycles. The van der Waals surface area contributed by atoms with Crippen molar-refractivity contribution in [3.63, 3.8) is 0 Å². The Balaban J connectivity index is 1.86. The molecule has 0 bridgehead atoms. The van der Waals surface area contributed by atoms with Crippen LogP contribution in [0.4, 0.5) is 14.9 Å². The summed E-state index contributed by atoms with van der Waals surface area (Å²) in [7, 11) is 0. The van der Waals surface area contributed by atoms with Crippen LogP contribution in [-0.2, 0) is 4.74 Å². The number of nitrogens with one attached hydrogen (secondary N) is 2. The minimum absolute atomic E-state index is 0.0522. The molecular weight excluding hydrogens is 235 g/mol. The maximum Gasteiger partial charge on any atom is 0.319 e. The maximum atomic E-state index is 13.3. The van der Waals surface area contributed by atoms with Gasteiger partial charge in [-0.05, 0) is 31.9 Å². The van der Waals surface area contributed by atoms with Gasteiger partial charge in [0.05, 0.1) is 17.8 Å². The Morgan fingerprint density at radius 2 is 2.28 bits per heavy atom. The first-order valence-corrected chi connectivity index (χ1v) is 6.10. The van der Waals surface area contributed by atoms with E-state index in [0.29, 0.717) is 0 Å². The van der Waals surface area contributed by atoms with Crippen LogP contribution in [0, 0.1) is 5.82 Å². The van der Waals surface area contributed by atoms with Crippen LogP contribution >= 0.6 is 0 Å². The fraction of sp³-hybridized carbons (Fsp3) is 0.462. The molecule has 1 aliphatic rings. The lowest BCUT2D eigenvalue weighted by molar-refractivity contribution is 0.0868. The molecule has 5 heteroatoms. The summed E-state index contributed by atoms with van der Waals surface area (Å²) in [5.74, 6) is -0.447. The molecule has 0 saturated carbocycles. The number of benzene rings is 1. The summed E-state index contributed by atoms with van der Waals surface area (Å²) in [5.41, 5.74) is 0.176. The average Bonchev–Trinajstić information content (AvgIpc) is 2.85. The van der Waals surface area contributed by atoms with E-state index in [2.05, 4.69) is 10.6 Å². The van der Waals surface area contributed by atoms with E-state index < -0.39 is 11.8 Å². The molecule has 1 heterocycles. The molecule has 1 aromatic carbocycles. The predicted octanol–water partition coefficient (Wildman–Crippen LogP) is 2.51. The number of anilines is 1. The van der Waals surface area contributed by atoms with Crippen LogP contribution in [0.15, 0.2) is 24.3 Å². The lowest BCUT2D eigenvalue weighted by atomic mass is 10.1. The molecule has 0 aromatic heterocycles. The molecule has 2 amide bonds. The first-order chi connectivity index (χ1) is 8.66. The fourth-order valence-electron chi connectivity index (χ4n) is 2.02. The Labute approximate surface area is 106 Å². The number of halogens is 1. The summed E-state index contributed by atoms with van der Waals surface area (Å²) in [5, 5.41) is 5.24. The van der Waals surface area contributed by atoms with Crippen molar-refractivity contribution in [1.29, 1.82) is 0 Å². The first-order valence-electron chi connectivity index (χ1n) is 6.10. The van der Waals surface area contributed by atoms with E-state index in [1.54, 1.807) is 12.1 Å². The van der Waals surface area contributed by atoms with Gasteiger partial charge in [-0.1, -0.05) is 12.1 Å². The van der Waals surface area contributed by atoms with Gasteiger partial charge in [0.15, 0.2) is 0 Å². The van der Waals surface area contributed by atoms with Crippen molar-refractivity contribution in [1.82, 2.24) is 5.32 Å². The van der Waals surface area contributed by atoms with Crippen LogP contribution in [0.5, 0.6) is 0 Å². The Bertz CT molecular complexity index is 419. The molecule has 2 N–H and O–H groups in total. The summed E-state index contributed by atoms with van der Waals surface area (Å²) in [4.78, 5) is 11.7. The summed E-state index contributed by atoms with van der Waals surface area (Å²) < 4.78 is 18.8. The number of rotatable bonds is 3. The van der Waals surface area contributed by atoms with Crippen LogP contribution in [0.1, 0.15) is 19.8 Å². The van der Waals surface area contributed by atoms with Crippen LogP contribution in [0.3, 0.4) is 0 Å². The number of hydrogen-bond donors (Lipinski definition) is 2. The van der Waals surface area contributed by atoms with E-state index >= 15 is 0 Å². The molecule has 18 heavy (non-hydrogen) atoms. The minimum Gasteiger partial charge on any atom is -0.376 e. The van der Waals surface area contributed by atoms with Crippen LogP contribution in [0.25, 0.3) is 0 Å². The molecule has 4 nitrogen and oxygen atoms in total. The number of hydrogen-bond acceptors (Lipinski definition) is 2. The van der Waals surface area contributed by atoms with Gasteiger partial charge in [-0.2, -0.15) is 0 Å². The summed E-state index contributed by atoms with van der Waals surface area (Å²) in [6.07, 6.45) is 2.02. The average molecular weight is 252 g/mol. The quantitative estimate of drug-likeness (QED) is 0.868. The van der Waals surface area contributed by atoms with Crippen molar-refractivity contribution < 1.29 is 13.9 Å². The van der Waals surface area contributed by atoms with Gasteiger partial charge in [-0.3, -0.25) is 0 Å². The van der Waals surface area contributed by atoms with Gasteiger partial charge in [-0.25, -0.2) is 9.18 Å². The summed E-state index contributed by atoms with van der Waals surface area (Å²) in [6, 6.07) is 5.57. The third-order valence-corrected chi connectivity index (χ3v) is 3.00. The third-order valence-electron chi connectivity index (χ3n) is 3.00. The molecule has 0 radical (unpaired) electrons. The van der Waals surface area contributed by atoms with Crippen LogP contribution in [-0.4, -0.2) is 24.8 Å². The number of urea groups is 1. The van der Waals surface area contributed by atoms with Gasteiger partial charge < -0.3 is 15.4 Å². The van der Waals surface area contributed by atoms with E-state index in [1.807, 2.05) is 6.92 Å². The molecular formula is C13H17FN2O2. The molecule has 0 spiro atoms. The predicted molar refractivity (Wildman–Crippen MR) is 67.0 cm³/mol. The number of para-hydroxylation sites is 1. The van der Waals surface area contributed by atoms with Gasteiger partial charge >= 0.3 is 6.03 Å². The monoisotopic (exact) mass is 252 g/mol. The summed E-state index contributed by atoms with van der Waals surface area (Å²) >= 11 is 0. The standard InChI is InChI=1S/C13H17FN2O2/c1-9(12-7-4-8-18-12)15-13(17)16-11-6-3-2-5-10(11)14/h2-3,5-6,9,12H,4,7-8H2,1H3,(H2,15,16,17)/t9-,12-/m1/s1. The zero-order valence-electron chi connectivity index (χ0n) is 10.3. The van der Waals surface area contributed by atoms with Crippen molar-refractivity contribution in [2.75, 3.05) is 11.9 Å². The molecule has 0 unspecified atom stereocenters. The van der Waals surface area contributed by atoms with E-state index in [-0.39, 0.29) is 17.8 Å². The maximum absolute atomic E-state index is 13.3. The lowest BCUT2D eigenvalue weighted by Gasteiger charge is -2.20. The highest BCUT2D eigenvalue weighted by Crippen LogP contribution is 2.16. The number of ether oxygens (including phenoxy) is 1. The van der Waals surface area contributed by atoms with Crippen molar-refractivity contribution in [3.05, 3.63) is 30.1 Å². The second kappa shape index (κ2) is 5.82. The van der Waals surface area contributed by atoms with Gasteiger partial charge in [0, 0.05) is 6.61 Å². The SMILES string of the molecule is C[C@@H](NC(=O)Nc1ccccc1F)[C@H]1CCCO1. The molecule has 1 aliphatic heterocycles.